The number of hydrogen-bond donors (Lipinski definition) is 1. The molecule has 108 valence electrons. The molecule has 0 saturated heterocycles. The Hall–Kier alpha value is -1.20. The molecular formula is C15H19BrFN3. The highest BCUT2D eigenvalue weighted by Gasteiger charge is 2.14. The van der Waals surface area contributed by atoms with Crippen LogP contribution in [0.5, 0.6) is 0 Å². The third kappa shape index (κ3) is 3.67. The van der Waals surface area contributed by atoms with Crippen LogP contribution in [0.4, 0.5) is 4.39 Å². The molecule has 5 heteroatoms. The SMILES string of the molecule is CCNC(Cc1cnn(CC)c1)c1ccc(Br)c(F)c1. The van der Waals surface area contributed by atoms with E-state index in [0.29, 0.717) is 4.47 Å². The summed E-state index contributed by atoms with van der Waals surface area (Å²) in [5.74, 6) is -0.227. The van der Waals surface area contributed by atoms with E-state index >= 15 is 0 Å². The first-order valence-corrected chi connectivity index (χ1v) is 7.63. The zero-order valence-electron chi connectivity index (χ0n) is 11.7. The summed E-state index contributed by atoms with van der Waals surface area (Å²) < 4.78 is 16.1. The first-order chi connectivity index (χ1) is 9.63. The van der Waals surface area contributed by atoms with Gasteiger partial charge in [0.25, 0.3) is 0 Å². The van der Waals surface area contributed by atoms with Gasteiger partial charge in [-0.25, -0.2) is 4.39 Å². The fourth-order valence-corrected chi connectivity index (χ4v) is 2.45. The average Bonchev–Trinajstić information content (AvgIpc) is 2.89. The van der Waals surface area contributed by atoms with Gasteiger partial charge in [0.05, 0.1) is 10.7 Å². The normalized spacial score (nSPS) is 12.6. The van der Waals surface area contributed by atoms with Crippen LogP contribution in [0.2, 0.25) is 0 Å². The van der Waals surface area contributed by atoms with Crippen molar-refractivity contribution in [2.75, 3.05) is 6.54 Å². The number of halogens is 2. The van der Waals surface area contributed by atoms with Gasteiger partial charge in [0.15, 0.2) is 0 Å². The van der Waals surface area contributed by atoms with Crippen LogP contribution < -0.4 is 5.32 Å². The van der Waals surface area contributed by atoms with Crippen molar-refractivity contribution in [1.82, 2.24) is 15.1 Å². The van der Waals surface area contributed by atoms with Gasteiger partial charge >= 0.3 is 0 Å². The van der Waals surface area contributed by atoms with Crippen molar-refractivity contribution < 1.29 is 4.39 Å². The molecule has 0 spiro atoms. The van der Waals surface area contributed by atoms with Gasteiger partial charge in [-0.05, 0) is 59.1 Å². The van der Waals surface area contributed by atoms with Gasteiger partial charge in [-0.3, -0.25) is 4.68 Å². The van der Waals surface area contributed by atoms with E-state index < -0.39 is 0 Å². The summed E-state index contributed by atoms with van der Waals surface area (Å²) in [6, 6.07) is 5.38. The monoisotopic (exact) mass is 339 g/mol. The third-order valence-electron chi connectivity index (χ3n) is 3.25. The molecule has 3 nitrogen and oxygen atoms in total. The predicted octanol–water partition coefficient (Wildman–Crippen LogP) is 3.70. The Kier molecular flexibility index (Phi) is 5.31. The summed E-state index contributed by atoms with van der Waals surface area (Å²) in [7, 11) is 0. The number of hydrogen-bond acceptors (Lipinski definition) is 2. The summed E-state index contributed by atoms with van der Waals surface area (Å²) in [4.78, 5) is 0. The Labute approximate surface area is 127 Å². The van der Waals surface area contributed by atoms with E-state index in [1.165, 1.54) is 0 Å². The summed E-state index contributed by atoms with van der Waals surface area (Å²) >= 11 is 3.19. The zero-order valence-corrected chi connectivity index (χ0v) is 13.3. The molecule has 0 amide bonds. The lowest BCUT2D eigenvalue weighted by atomic mass is 10.0. The highest BCUT2D eigenvalue weighted by atomic mass is 79.9. The van der Waals surface area contributed by atoms with Crippen LogP contribution in [-0.4, -0.2) is 16.3 Å². The molecule has 2 aromatic rings. The largest absolute Gasteiger partial charge is 0.310 e. The van der Waals surface area contributed by atoms with Crippen LogP contribution >= 0.6 is 15.9 Å². The van der Waals surface area contributed by atoms with Gasteiger partial charge in [-0.2, -0.15) is 5.10 Å². The van der Waals surface area contributed by atoms with Gasteiger partial charge in [0.2, 0.25) is 0 Å². The maximum absolute atomic E-state index is 13.7. The minimum Gasteiger partial charge on any atom is -0.310 e. The lowest BCUT2D eigenvalue weighted by molar-refractivity contribution is 0.541. The minimum atomic E-state index is -0.227. The topological polar surface area (TPSA) is 29.9 Å². The Balaban J connectivity index is 2.19. The zero-order chi connectivity index (χ0) is 14.5. The van der Waals surface area contributed by atoms with E-state index in [0.717, 1.165) is 30.6 Å². The lowest BCUT2D eigenvalue weighted by Gasteiger charge is -2.18. The third-order valence-corrected chi connectivity index (χ3v) is 3.89. The van der Waals surface area contributed by atoms with Crippen LogP contribution in [0.25, 0.3) is 0 Å². The first-order valence-electron chi connectivity index (χ1n) is 6.83. The highest BCUT2D eigenvalue weighted by molar-refractivity contribution is 9.10. The van der Waals surface area contributed by atoms with Gasteiger partial charge in [0, 0.05) is 18.8 Å². The van der Waals surface area contributed by atoms with Crippen LogP contribution in [0.15, 0.2) is 35.1 Å². The molecular weight excluding hydrogens is 321 g/mol. The second-order valence-corrected chi connectivity index (χ2v) is 5.55. The van der Waals surface area contributed by atoms with E-state index in [4.69, 9.17) is 0 Å². The molecule has 20 heavy (non-hydrogen) atoms. The smallest absolute Gasteiger partial charge is 0.137 e. The number of benzene rings is 1. The van der Waals surface area contributed by atoms with Crippen LogP contribution in [0.1, 0.15) is 31.0 Å². The minimum absolute atomic E-state index is 0.0945. The van der Waals surface area contributed by atoms with E-state index in [-0.39, 0.29) is 11.9 Å². The van der Waals surface area contributed by atoms with Crippen molar-refractivity contribution in [3.8, 4) is 0 Å². The van der Waals surface area contributed by atoms with Gasteiger partial charge < -0.3 is 5.32 Å². The summed E-state index contributed by atoms with van der Waals surface area (Å²) in [6.07, 6.45) is 4.72. The average molecular weight is 340 g/mol. The number of nitrogens with one attached hydrogen (secondary N) is 1. The van der Waals surface area contributed by atoms with Gasteiger partial charge in [-0.1, -0.05) is 13.0 Å². The molecule has 1 heterocycles. The fraction of sp³-hybridized carbons (Fsp3) is 0.400. The summed E-state index contributed by atoms with van der Waals surface area (Å²) in [5.41, 5.74) is 2.11. The number of aryl methyl sites for hydroxylation is 1. The van der Waals surface area contributed by atoms with Crippen molar-refractivity contribution in [2.45, 2.75) is 32.9 Å². The molecule has 0 bridgehead atoms. The van der Waals surface area contributed by atoms with E-state index in [2.05, 4.69) is 40.2 Å². The number of aromatic nitrogens is 2. The van der Waals surface area contributed by atoms with Gasteiger partial charge in [0.1, 0.15) is 5.82 Å². The van der Waals surface area contributed by atoms with Crippen LogP contribution in [0.3, 0.4) is 0 Å². The number of nitrogens with zero attached hydrogens (tertiary/aromatic N) is 2. The predicted molar refractivity (Wildman–Crippen MR) is 82.1 cm³/mol. The standard InChI is InChI=1S/C15H19BrFN3/c1-3-18-15(7-11-9-19-20(4-2)10-11)12-5-6-13(16)14(17)8-12/h5-6,8-10,15,18H,3-4,7H2,1-2H3. The molecule has 0 fully saturated rings. The van der Waals surface area contributed by atoms with Crippen LogP contribution in [-0.2, 0) is 13.0 Å². The Morgan fingerprint density at radius 2 is 2.20 bits per heavy atom. The highest BCUT2D eigenvalue weighted by Crippen LogP contribution is 2.23. The summed E-state index contributed by atoms with van der Waals surface area (Å²) in [5, 5.41) is 7.68. The van der Waals surface area contributed by atoms with Crippen molar-refractivity contribution >= 4 is 15.9 Å². The molecule has 1 aromatic heterocycles. The molecule has 0 radical (unpaired) electrons. The molecule has 0 aliphatic carbocycles. The van der Waals surface area contributed by atoms with E-state index in [1.807, 2.05) is 23.1 Å². The number of likely N-dealkylation sites (N-methyl/N-ethyl adjacent to an activating group) is 1. The van der Waals surface area contributed by atoms with Crippen LogP contribution in [0, 0.1) is 5.82 Å². The van der Waals surface area contributed by atoms with Crippen molar-refractivity contribution in [1.29, 1.82) is 0 Å². The van der Waals surface area contributed by atoms with Gasteiger partial charge in [-0.15, -0.1) is 0 Å². The maximum atomic E-state index is 13.7. The molecule has 1 N–H and O–H groups in total. The van der Waals surface area contributed by atoms with Crippen molar-refractivity contribution in [3.63, 3.8) is 0 Å². The molecule has 1 atom stereocenters. The van der Waals surface area contributed by atoms with Crippen molar-refractivity contribution in [2.24, 2.45) is 0 Å². The van der Waals surface area contributed by atoms with E-state index in [9.17, 15) is 4.39 Å². The molecule has 0 aliphatic rings. The van der Waals surface area contributed by atoms with E-state index in [1.54, 1.807) is 12.1 Å². The summed E-state index contributed by atoms with van der Waals surface area (Å²) in [6.45, 7) is 5.81. The lowest BCUT2D eigenvalue weighted by Crippen LogP contribution is -2.23. The second kappa shape index (κ2) is 6.99. The quantitative estimate of drug-likeness (QED) is 0.869. The fourth-order valence-electron chi connectivity index (χ4n) is 2.20. The maximum Gasteiger partial charge on any atom is 0.137 e. The molecule has 1 unspecified atom stereocenters. The first kappa shape index (κ1) is 15.2. The van der Waals surface area contributed by atoms with Crippen molar-refractivity contribution in [3.05, 3.63) is 52.0 Å². The Bertz CT molecular complexity index is 568. The Morgan fingerprint density at radius 1 is 1.40 bits per heavy atom. The molecule has 2 rings (SSSR count). The molecule has 1 aromatic carbocycles. The molecule has 0 saturated carbocycles. The second-order valence-electron chi connectivity index (χ2n) is 4.69. The molecule has 0 aliphatic heterocycles. The Morgan fingerprint density at radius 3 is 2.80 bits per heavy atom. The number of rotatable bonds is 6.